The lowest BCUT2D eigenvalue weighted by Gasteiger charge is -2.13. The highest BCUT2D eigenvalue weighted by Crippen LogP contribution is 2.43. The standard InChI is InChI=1S/C20H13Br2F3N6/c1-10-13(9-26)19(28-12-5-3-2-4-6-12)29-18(27)16(10)30-31-17-14(20(23,24)25)7-11(21)8-15(17)22/h2-8H,1H3,(H3,27,28,29). The van der Waals surface area contributed by atoms with Crippen molar-refractivity contribution >= 4 is 60.6 Å². The van der Waals surface area contributed by atoms with E-state index in [1.54, 1.807) is 19.1 Å². The molecule has 0 atom stereocenters. The molecule has 158 valence electrons. The van der Waals surface area contributed by atoms with Crippen LogP contribution in [0.1, 0.15) is 16.7 Å². The summed E-state index contributed by atoms with van der Waals surface area (Å²) in [7, 11) is 0. The van der Waals surface area contributed by atoms with Crippen molar-refractivity contribution in [3.63, 3.8) is 0 Å². The third kappa shape index (κ3) is 5.03. The molecule has 1 heterocycles. The van der Waals surface area contributed by atoms with Gasteiger partial charge in [0.15, 0.2) is 11.6 Å². The van der Waals surface area contributed by atoms with Crippen molar-refractivity contribution in [1.29, 1.82) is 5.26 Å². The fourth-order valence-electron chi connectivity index (χ4n) is 2.71. The van der Waals surface area contributed by atoms with Crippen LogP contribution in [0.2, 0.25) is 0 Å². The van der Waals surface area contributed by atoms with E-state index in [1.807, 2.05) is 24.3 Å². The number of azo groups is 1. The summed E-state index contributed by atoms with van der Waals surface area (Å²) < 4.78 is 40.6. The maximum absolute atomic E-state index is 13.4. The van der Waals surface area contributed by atoms with E-state index in [0.717, 1.165) is 6.07 Å². The van der Waals surface area contributed by atoms with E-state index in [9.17, 15) is 18.4 Å². The van der Waals surface area contributed by atoms with Crippen molar-refractivity contribution in [3.8, 4) is 6.07 Å². The molecule has 11 heteroatoms. The number of aromatic nitrogens is 1. The predicted octanol–water partition coefficient (Wildman–Crippen LogP) is 7.55. The van der Waals surface area contributed by atoms with E-state index in [-0.39, 0.29) is 31.8 Å². The molecule has 0 aliphatic rings. The van der Waals surface area contributed by atoms with Gasteiger partial charge < -0.3 is 11.1 Å². The number of nitriles is 1. The SMILES string of the molecule is Cc1c(C#N)c(Nc2ccccc2)nc(N)c1N=Nc1c(Br)cc(Br)cc1C(F)(F)F. The molecule has 0 bridgehead atoms. The largest absolute Gasteiger partial charge is 0.418 e. The maximum Gasteiger partial charge on any atom is 0.418 e. The molecule has 2 aromatic carbocycles. The van der Waals surface area contributed by atoms with Gasteiger partial charge >= 0.3 is 6.18 Å². The number of nitrogens with zero attached hydrogens (tertiary/aromatic N) is 4. The normalized spacial score (nSPS) is 11.5. The Morgan fingerprint density at radius 2 is 1.74 bits per heavy atom. The van der Waals surface area contributed by atoms with Gasteiger partial charge in [0.05, 0.1) is 11.1 Å². The Labute approximate surface area is 192 Å². The summed E-state index contributed by atoms with van der Waals surface area (Å²) >= 11 is 6.12. The third-order valence-electron chi connectivity index (χ3n) is 4.17. The van der Waals surface area contributed by atoms with E-state index >= 15 is 0 Å². The number of halogens is 5. The second-order valence-electron chi connectivity index (χ2n) is 6.28. The molecule has 31 heavy (non-hydrogen) atoms. The number of nitrogens with one attached hydrogen (secondary N) is 1. The number of benzene rings is 2. The number of anilines is 3. The van der Waals surface area contributed by atoms with Crippen LogP contribution in [0.5, 0.6) is 0 Å². The van der Waals surface area contributed by atoms with Gasteiger partial charge in [0.25, 0.3) is 0 Å². The molecular weight excluding hydrogens is 541 g/mol. The number of para-hydroxylation sites is 1. The van der Waals surface area contributed by atoms with Gasteiger partial charge in [-0.3, -0.25) is 0 Å². The topological polar surface area (TPSA) is 99.5 Å². The molecular formula is C20H13Br2F3N6. The van der Waals surface area contributed by atoms with Crippen LogP contribution >= 0.6 is 31.9 Å². The van der Waals surface area contributed by atoms with Crippen molar-refractivity contribution in [2.75, 3.05) is 11.1 Å². The van der Waals surface area contributed by atoms with Gasteiger partial charge in [-0.2, -0.15) is 18.4 Å². The van der Waals surface area contributed by atoms with Crippen LogP contribution in [-0.2, 0) is 6.18 Å². The summed E-state index contributed by atoms with van der Waals surface area (Å²) in [6.45, 7) is 1.57. The van der Waals surface area contributed by atoms with E-state index in [2.05, 4.69) is 52.4 Å². The summed E-state index contributed by atoms with van der Waals surface area (Å²) in [5, 5.41) is 20.3. The first-order chi connectivity index (χ1) is 14.6. The van der Waals surface area contributed by atoms with Crippen LogP contribution in [-0.4, -0.2) is 4.98 Å². The molecule has 3 aromatic rings. The molecule has 0 amide bonds. The van der Waals surface area contributed by atoms with Crippen LogP contribution in [0.15, 0.2) is 61.6 Å². The summed E-state index contributed by atoms with van der Waals surface area (Å²) in [4.78, 5) is 4.17. The molecule has 0 aliphatic carbocycles. The first kappa shape index (κ1) is 22.7. The molecule has 0 radical (unpaired) electrons. The lowest BCUT2D eigenvalue weighted by molar-refractivity contribution is -0.137. The Morgan fingerprint density at radius 3 is 2.35 bits per heavy atom. The lowest BCUT2D eigenvalue weighted by Crippen LogP contribution is -2.05. The number of nitrogens with two attached hydrogens (primary N) is 1. The first-order valence-electron chi connectivity index (χ1n) is 8.62. The van der Waals surface area contributed by atoms with Crippen molar-refractivity contribution < 1.29 is 13.2 Å². The number of nitrogen functional groups attached to an aromatic ring is 1. The fraction of sp³-hybridized carbons (Fsp3) is 0.100. The predicted molar refractivity (Wildman–Crippen MR) is 119 cm³/mol. The zero-order chi connectivity index (χ0) is 22.8. The van der Waals surface area contributed by atoms with Crippen molar-refractivity contribution in [2.45, 2.75) is 13.1 Å². The van der Waals surface area contributed by atoms with E-state index in [4.69, 9.17) is 5.73 Å². The molecule has 0 saturated carbocycles. The highest BCUT2D eigenvalue weighted by atomic mass is 79.9. The second kappa shape index (κ2) is 9.03. The maximum atomic E-state index is 13.4. The summed E-state index contributed by atoms with van der Waals surface area (Å²) in [5.41, 5.74) is 5.78. The van der Waals surface area contributed by atoms with Crippen molar-refractivity contribution in [3.05, 3.63) is 68.1 Å². The Kier molecular flexibility index (Phi) is 6.62. The Morgan fingerprint density at radius 1 is 1.10 bits per heavy atom. The summed E-state index contributed by atoms with van der Waals surface area (Å²) in [6.07, 6.45) is -4.65. The Hall–Kier alpha value is -2.97. The quantitative estimate of drug-likeness (QED) is 0.326. The minimum absolute atomic E-state index is 0.0121. The van der Waals surface area contributed by atoms with Crippen molar-refractivity contribution in [1.82, 2.24) is 4.98 Å². The van der Waals surface area contributed by atoms with Gasteiger partial charge in [0.2, 0.25) is 0 Å². The van der Waals surface area contributed by atoms with Gasteiger partial charge in [-0.15, -0.1) is 10.2 Å². The molecule has 0 unspecified atom stereocenters. The van der Waals surface area contributed by atoms with Crippen LogP contribution in [0.3, 0.4) is 0 Å². The lowest BCUT2D eigenvalue weighted by atomic mass is 10.1. The molecule has 1 aromatic heterocycles. The highest BCUT2D eigenvalue weighted by molar-refractivity contribution is 9.11. The molecule has 6 nitrogen and oxygen atoms in total. The smallest absolute Gasteiger partial charge is 0.382 e. The highest BCUT2D eigenvalue weighted by Gasteiger charge is 2.35. The Balaban J connectivity index is 2.08. The minimum atomic E-state index is -4.65. The number of hydrogen-bond acceptors (Lipinski definition) is 6. The average Bonchev–Trinajstić information content (AvgIpc) is 2.69. The Bertz CT molecular complexity index is 1200. The fourth-order valence-corrected chi connectivity index (χ4v) is 4.02. The molecule has 0 fully saturated rings. The molecule has 0 saturated heterocycles. The minimum Gasteiger partial charge on any atom is -0.382 e. The molecule has 0 aliphatic heterocycles. The monoisotopic (exact) mass is 552 g/mol. The van der Waals surface area contributed by atoms with Crippen LogP contribution in [0, 0.1) is 18.3 Å². The van der Waals surface area contributed by atoms with E-state index < -0.39 is 17.4 Å². The van der Waals surface area contributed by atoms with E-state index in [1.165, 1.54) is 6.07 Å². The summed E-state index contributed by atoms with van der Waals surface area (Å²) in [6, 6.07) is 13.4. The van der Waals surface area contributed by atoms with Gasteiger partial charge in [0.1, 0.15) is 17.4 Å². The molecule has 3 rings (SSSR count). The molecule has 3 N–H and O–H groups in total. The average molecular weight is 554 g/mol. The van der Waals surface area contributed by atoms with Crippen molar-refractivity contribution in [2.24, 2.45) is 10.2 Å². The van der Waals surface area contributed by atoms with Gasteiger partial charge in [-0.25, -0.2) is 4.98 Å². The van der Waals surface area contributed by atoms with Gasteiger partial charge in [-0.05, 0) is 47.1 Å². The zero-order valence-corrected chi connectivity index (χ0v) is 19.0. The number of pyridine rings is 1. The second-order valence-corrected chi connectivity index (χ2v) is 8.05. The van der Waals surface area contributed by atoms with E-state index in [0.29, 0.717) is 11.3 Å². The molecule has 0 spiro atoms. The number of alkyl halides is 3. The van der Waals surface area contributed by atoms with Gasteiger partial charge in [-0.1, -0.05) is 34.1 Å². The van der Waals surface area contributed by atoms with Gasteiger partial charge in [0, 0.05) is 20.2 Å². The van der Waals surface area contributed by atoms with Crippen LogP contribution in [0.4, 0.5) is 41.9 Å². The van der Waals surface area contributed by atoms with Crippen LogP contribution in [0.25, 0.3) is 0 Å². The summed E-state index contributed by atoms with van der Waals surface area (Å²) in [5.74, 6) is 0.129. The third-order valence-corrected chi connectivity index (χ3v) is 5.24. The zero-order valence-electron chi connectivity index (χ0n) is 15.8. The van der Waals surface area contributed by atoms with Crippen LogP contribution < -0.4 is 11.1 Å². The number of hydrogen-bond donors (Lipinski definition) is 2. The number of rotatable bonds is 4. The first-order valence-corrected chi connectivity index (χ1v) is 10.2.